The van der Waals surface area contributed by atoms with E-state index in [0.29, 0.717) is 32.4 Å². The number of esters is 1. The molecule has 10 heteroatoms. The van der Waals surface area contributed by atoms with Crippen molar-refractivity contribution in [2.45, 2.75) is 315 Å². The van der Waals surface area contributed by atoms with Crippen LogP contribution in [0.15, 0.2) is 0 Å². The number of methoxy groups -OCH3 is 2. The summed E-state index contributed by atoms with van der Waals surface area (Å²) in [6.07, 6.45) is 44.7. The minimum atomic E-state index is -0.527. The molecular formula is C57H110N2O8. The number of aldehydes is 1. The second kappa shape index (κ2) is 45.1. The fraction of sp³-hybridized carbons (Fsp3) is 0.930. The molecule has 67 heavy (non-hydrogen) atoms. The van der Waals surface area contributed by atoms with Crippen molar-refractivity contribution in [3.63, 3.8) is 0 Å². The summed E-state index contributed by atoms with van der Waals surface area (Å²) in [5, 5.41) is 5.92. The summed E-state index contributed by atoms with van der Waals surface area (Å²) < 4.78 is 22.8. The van der Waals surface area contributed by atoms with Crippen molar-refractivity contribution in [3.05, 3.63) is 0 Å². The van der Waals surface area contributed by atoms with E-state index in [-0.39, 0.29) is 54.5 Å². The molecule has 0 aliphatic heterocycles. The standard InChI is InChI=1S/C39H74N2O7.C18H36O/c1-8-9-10-11-12-13-14-15-16-17-18-19-20-21-22-23-37(44)48-34-30-32(24-25-33(34)45-6)41-36(43)27-26-35(42)40-31-39(4,5)47-29-28-38(2,3)46-7;1-2-3-4-5-6-7-8-9-10-11-12-13-14-15-16-17-18-19/h32-34H,8-31H2,1-7H3,(H,40,42)(H,41,43);18H,2-17H2,1H3. The number of hydrogen-bond donors (Lipinski definition) is 2. The average molecular weight is 952 g/mol. The second-order valence-electron chi connectivity index (χ2n) is 21.1. The minimum absolute atomic E-state index is 0.100. The summed E-state index contributed by atoms with van der Waals surface area (Å²) in [5.74, 6) is -0.548. The minimum Gasteiger partial charge on any atom is -0.460 e. The van der Waals surface area contributed by atoms with E-state index in [4.69, 9.17) is 18.9 Å². The second-order valence-corrected chi connectivity index (χ2v) is 21.1. The molecule has 0 heterocycles. The molecule has 1 aliphatic carbocycles. The number of carbonyl (C=O) groups is 4. The Bertz CT molecular complexity index is 1160. The Balaban J connectivity index is 0.00000191. The van der Waals surface area contributed by atoms with Gasteiger partial charge in [-0.25, -0.2) is 0 Å². The van der Waals surface area contributed by atoms with Gasteiger partial charge in [-0.1, -0.05) is 194 Å². The summed E-state index contributed by atoms with van der Waals surface area (Å²) in [6, 6.07) is -0.112. The van der Waals surface area contributed by atoms with Gasteiger partial charge in [0, 0.05) is 58.9 Å². The van der Waals surface area contributed by atoms with Crippen LogP contribution >= 0.6 is 0 Å². The van der Waals surface area contributed by atoms with Crippen molar-refractivity contribution in [1.29, 1.82) is 0 Å². The van der Waals surface area contributed by atoms with Crippen LogP contribution in [-0.2, 0) is 38.1 Å². The van der Waals surface area contributed by atoms with Crippen LogP contribution in [-0.4, -0.2) is 80.9 Å². The van der Waals surface area contributed by atoms with E-state index >= 15 is 0 Å². The topological polar surface area (TPSA) is 129 Å². The van der Waals surface area contributed by atoms with Gasteiger partial charge < -0.3 is 34.4 Å². The van der Waals surface area contributed by atoms with Gasteiger partial charge in [-0.05, 0) is 59.8 Å². The number of rotatable bonds is 45. The van der Waals surface area contributed by atoms with Crippen LogP contribution in [0.2, 0.25) is 0 Å². The lowest BCUT2D eigenvalue weighted by molar-refractivity contribution is -0.160. The first kappa shape index (κ1) is 65.0. The lowest BCUT2D eigenvalue weighted by Crippen LogP contribution is -2.47. The maximum absolute atomic E-state index is 12.7. The van der Waals surface area contributed by atoms with Crippen LogP contribution in [0, 0.1) is 0 Å². The van der Waals surface area contributed by atoms with Gasteiger partial charge in [0.1, 0.15) is 12.4 Å². The summed E-state index contributed by atoms with van der Waals surface area (Å²) in [6.45, 7) is 13.3. The number of unbranched alkanes of at least 4 members (excludes halogenated alkanes) is 29. The van der Waals surface area contributed by atoms with Crippen LogP contribution < -0.4 is 10.6 Å². The average Bonchev–Trinajstić information content (AvgIpc) is 3.30. The monoisotopic (exact) mass is 951 g/mol. The zero-order valence-corrected chi connectivity index (χ0v) is 45.4. The normalized spacial score (nSPS) is 16.3. The number of nitrogens with one attached hydrogen (secondary N) is 2. The zero-order chi connectivity index (χ0) is 49.7. The van der Waals surface area contributed by atoms with E-state index < -0.39 is 5.60 Å². The van der Waals surface area contributed by atoms with Crippen molar-refractivity contribution < 1.29 is 38.1 Å². The quantitative estimate of drug-likeness (QED) is 0.0351. The fourth-order valence-corrected chi connectivity index (χ4v) is 8.75. The van der Waals surface area contributed by atoms with Crippen molar-refractivity contribution in [1.82, 2.24) is 10.6 Å². The Morgan fingerprint density at radius 3 is 1.40 bits per heavy atom. The van der Waals surface area contributed by atoms with Crippen LogP contribution in [0.4, 0.5) is 0 Å². The molecule has 1 rings (SSSR count). The van der Waals surface area contributed by atoms with Gasteiger partial charge in [0.2, 0.25) is 11.8 Å². The summed E-state index contributed by atoms with van der Waals surface area (Å²) in [5.41, 5.74) is -0.789. The molecule has 0 aromatic heterocycles. The third-order valence-corrected chi connectivity index (χ3v) is 13.6. The van der Waals surface area contributed by atoms with Crippen LogP contribution in [0.25, 0.3) is 0 Å². The van der Waals surface area contributed by atoms with Crippen LogP contribution in [0.1, 0.15) is 286 Å². The Morgan fingerprint density at radius 2 is 0.970 bits per heavy atom. The fourth-order valence-electron chi connectivity index (χ4n) is 8.75. The highest BCUT2D eigenvalue weighted by Gasteiger charge is 2.34. The first-order chi connectivity index (χ1) is 32.3. The van der Waals surface area contributed by atoms with Crippen LogP contribution in [0.5, 0.6) is 0 Å². The molecule has 0 saturated heterocycles. The van der Waals surface area contributed by atoms with E-state index in [1.807, 2.05) is 27.7 Å². The summed E-state index contributed by atoms with van der Waals surface area (Å²) in [4.78, 5) is 47.9. The van der Waals surface area contributed by atoms with Crippen molar-refractivity contribution >= 4 is 24.1 Å². The van der Waals surface area contributed by atoms with Crippen molar-refractivity contribution in [2.75, 3.05) is 27.4 Å². The maximum Gasteiger partial charge on any atom is 0.306 e. The molecule has 0 aromatic rings. The molecule has 0 aromatic carbocycles. The molecule has 10 nitrogen and oxygen atoms in total. The smallest absolute Gasteiger partial charge is 0.306 e. The Hall–Kier alpha value is -2.04. The molecule has 396 valence electrons. The molecule has 2 N–H and O–H groups in total. The molecule has 3 unspecified atom stereocenters. The number of amides is 2. The summed E-state index contributed by atoms with van der Waals surface area (Å²) >= 11 is 0. The largest absolute Gasteiger partial charge is 0.460 e. The molecular weight excluding hydrogens is 841 g/mol. The first-order valence-corrected chi connectivity index (χ1v) is 28.2. The van der Waals surface area contributed by atoms with Crippen molar-refractivity contribution in [3.8, 4) is 0 Å². The molecule has 0 bridgehead atoms. The van der Waals surface area contributed by atoms with Gasteiger partial charge in [-0.3, -0.25) is 14.4 Å². The Morgan fingerprint density at radius 1 is 0.537 bits per heavy atom. The highest BCUT2D eigenvalue weighted by molar-refractivity contribution is 5.83. The predicted molar refractivity (Wildman–Crippen MR) is 280 cm³/mol. The molecule has 0 radical (unpaired) electrons. The third-order valence-electron chi connectivity index (χ3n) is 13.6. The highest BCUT2D eigenvalue weighted by Crippen LogP contribution is 2.25. The number of hydrogen-bond acceptors (Lipinski definition) is 8. The lowest BCUT2D eigenvalue weighted by atomic mass is 9.90. The number of carbonyl (C=O) groups excluding carboxylic acids is 4. The maximum atomic E-state index is 12.7. The van der Waals surface area contributed by atoms with E-state index in [2.05, 4.69) is 24.5 Å². The Labute approximate surface area is 413 Å². The molecule has 2 amide bonds. The van der Waals surface area contributed by atoms with Gasteiger partial charge in [0.15, 0.2) is 0 Å². The van der Waals surface area contributed by atoms with Gasteiger partial charge >= 0.3 is 5.97 Å². The predicted octanol–water partition coefficient (Wildman–Crippen LogP) is 14.8. The number of ether oxygens (including phenoxy) is 4. The molecule has 1 aliphatic rings. The molecule has 3 atom stereocenters. The van der Waals surface area contributed by atoms with Gasteiger partial charge in [-0.15, -0.1) is 0 Å². The zero-order valence-electron chi connectivity index (χ0n) is 45.4. The molecule has 1 saturated carbocycles. The van der Waals surface area contributed by atoms with Gasteiger partial charge in [-0.2, -0.15) is 0 Å². The van der Waals surface area contributed by atoms with Gasteiger partial charge in [0.25, 0.3) is 0 Å². The highest BCUT2D eigenvalue weighted by atomic mass is 16.6. The first-order valence-electron chi connectivity index (χ1n) is 28.2. The molecule has 1 fully saturated rings. The van der Waals surface area contributed by atoms with E-state index in [0.717, 1.165) is 44.8 Å². The van der Waals surface area contributed by atoms with Crippen LogP contribution in [0.3, 0.4) is 0 Å². The van der Waals surface area contributed by atoms with Gasteiger partial charge in [0.05, 0.1) is 23.9 Å². The van der Waals surface area contributed by atoms with Crippen molar-refractivity contribution in [2.24, 2.45) is 0 Å². The van der Waals surface area contributed by atoms with E-state index in [9.17, 15) is 19.2 Å². The molecule has 0 spiro atoms. The van der Waals surface area contributed by atoms with E-state index in [1.165, 1.54) is 173 Å². The van der Waals surface area contributed by atoms with E-state index in [1.54, 1.807) is 14.2 Å². The Kier molecular flexibility index (Phi) is 43.7. The summed E-state index contributed by atoms with van der Waals surface area (Å²) in [7, 11) is 3.33. The lowest BCUT2D eigenvalue weighted by Gasteiger charge is -2.35. The SMILES string of the molecule is CCCCCCCCCCCCCCCCCC(=O)OC1CC(NC(=O)CCC(=O)NCC(C)(C)OCCC(C)(C)OC)CCC1OC.CCCCCCCCCCCCCCCCCC=O. The third kappa shape index (κ3) is 42.6.